The largest absolute Gasteiger partial charge is 0.519 e. The van der Waals surface area contributed by atoms with Crippen molar-refractivity contribution in [3.05, 3.63) is 22.1 Å². The van der Waals surface area contributed by atoms with E-state index in [1.165, 1.54) is 0 Å². The standard InChI is InChI=1S/C15H22FNO5/c1-10-13(22-15(20)21-10)9-17-8-6-11(3-2-7-16)4-5-12(17)14(18)19/h11-12H,2-9H2,1H3,(H,18,19). The molecule has 0 saturated carbocycles. The van der Waals surface area contributed by atoms with Crippen LogP contribution in [0, 0.1) is 12.8 Å². The molecule has 2 unspecified atom stereocenters. The Hall–Kier alpha value is -1.63. The molecule has 0 amide bonds. The lowest BCUT2D eigenvalue weighted by atomic mass is 9.94. The number of hydrogen-bond donors (Lipinski definition) is 1. The second-order valence-electron chi connectivity index (χ2n) is 5.82. The Morgan fingerprint density at radius 3 is 2.73 bits per heavy atom. The summed E-state index contributed by atoms with van der Waals surface area (Å²) in [5, 5.41) is 9.43. The molecule has 1 saturated heterocycles. The maximum atomic E-state index is 12.3. The van der Waals surface area contributed by atoms with Crippen molar-refractivity contribution in [1.82, 2.24) is 4.90 Å². The molecule has 0 aliphatic carbocycles. The molecule has 0 aromatic carbocycles. The molecule has 22 heavy (non-hydrogen) atoms. The van der Waals surface area contributed by atoms with Gasteiger partial charge in [-0.05, 0) is 51.5 Å². The molecule has 1 aromatic heterocycles. The molecule has 1 N–H and O–H groups in total. The maximum absolute atomic E-state index is 12.3. The lowest BCUT2D eigenvalue weighted by molar-refractivity contribution is -0.143. The fourth-order valence-electron chi connectivity index (χ4n) is 3.05. The van der Waals surface area contributed by atoms with E-state index in [4.69, 9.17) is 8.83 Å². The molecule has 1 fully saturated rings. The number of halogens is 1. The average Bonchev–Trinajstić information content (AvgIpc) is 2.67. The van der Waals surface area contributed by atoms with E-state index < -0.39 is 17.8 Å². The highest BCUT2D eigenvalue weighted by Crippen LogP contribution is 2.27. The molecule has 0 bridgehead atoms. The van der Waals surface area contributed by atoms with Crippen LogP contribution in [-0.2, 0) is 11.3 Å². The number of nitrogens with zero attached hydrogens (tertiary/aromatic N) is 1. The number of carboxylic acids is 1. The Kier molecular flexibility index (Phi) is 5.76. The predicted molar refractivity (Wildman–Crippen MR) is 76.4 cm³/mol. The molecular weight excluding hydrogens is 293 g/mol. The van der Waals surface area contributed by atoms with Crippen LogP contribution in [0.4, 0.5) is 4.39 Å². The van der Waals surface area contributed by atoms with Gasteiger partial charge in [0.2, 0.25) is 0 Å². The van der Waals surface area contributed by atoms with Crippen LogP contribution in [0.3, 0.4) is 0 Å². The SMILES string of the molecule is Cc1oc(=O)oc1CN1CCC(CCCF)CCC1C(=O)O. The fraction of sp³-hybridized carbons (Fsp3) is 0.733. The fourth-order valence-corrected chi connectivity index (χ4v) is 3.05. The van der Waals surface area contributed by atoms with E-state index >= 15 is 0 Å². The highest BCUT2D eigenvalue weighted by molar-refractivity contribution is 5.73. The number of hydrogen-bond acceptors (Lipinski definition) is 5. The third kappa shape index (κ3) is 4.19. The molecule has 2 rings (SSSR count). The third-order valence-corrected chi connectivity index (χ3v) is 4.33. The molecule has 1 aromatic rings. The van der Waals surface area contributed by atoms with Crippen molar-refractivity contribution in [3.8, 4) is 0 Å². The Bertz CT molecular complexity index is 552. The highest BCUT2D eigenvalue weighted by atomic mass is 19.1. The van der Waals surface area contributed by atoms with Gasteiger partial charge in [-0.15, -0.1) is 0 Å². The second-order valence-corrected chi connectivity index (χ2v) is 5.82. The van der Waals surface area contributed by atoms with E-state index in [-0.39, 0.29) is 13.2 Å². The maximum Gasteiger partial charge on any atom is 0.519 e. The summed E-state index contributed by atoms with van der Waals surface area (Å²) in [5.41, 5.74) is 0. The molecule has 0 spiro atoms. The van der Waals surface area contributed by atoms with Crippen molar-refractivity contribution in [2.24, 2.45) is 5.92 Å². The Morgan fingerprint density at radius 2 is 2.14 bits per heavy atom. The van der Waals surface area contributed by atoms with Crippen molar-refractivity contribution in [2.75, 3.05) is 13.2 Å². The number of likely N-dealkylation sites (tertiary alicyclic amines) is 1. The van der Waals surface area contributed by atoms with Crippen LogP contribution in [0.5, 0.6) is 0 Å². The van der Waals surface area contributed by atoms with Gasteiger partial charge in [0.1, 0.15) is 11.8 Å². The summed E-state index contributed by atoms with van der Waals surface area (Å²) < 4.78 is 22.1. The second kappa shape index (κ2) is 7.58. The van der Waals surface area contributed by atoms with Crippen LogP contribution in [0.1, 0.15) is 43.6 Å². The van der Waals surface area contributed by atoms with Crippen LogP contribution < -0.4 is 5.82 Å². The van der Waals surface area contributed by atoms with Gasteiger partial charge in [0, 0.05) is 0 Å². The number of rotatable bonds is 6. The first-order valence-electron chi connectivity index (χ1n) is 7.63. The highest BCUT2D eigenvalue weighted by Gasteiger charge is 2.31. The van der Waals surface area contributed by atoms with Crippen LogP contribution in [0.25, 0.3) is 0 Å². The van der Waals surface area contributed by atoms with E-state index in [1.54, 1.807) is 11.8 Å². The topological polar surface area (TPSA) is 83.9 Å². The molecule has 2 heterocycles. The van der Waals surface area contributed by atoms with Crippen LogP contribution in [0.15, 0.2) is 13.6 Å². The van der Waals surface area contributed by atoms with Gasteiger partial charge in [-0.1, -0.05) is 0 Å². The molecule has 1 aliphatic rings. The number of aryl methyl sites for hydroxylation is 1. The summed E-state index contributed by atoms with van der Waals surface area (Å²) in [6.07, 6.45) is 3.44. The van der Waals surface area contributed by atoms with Gasteiger partial charge in [0.15, 0.2) is 5.76 Å². The minimum absolute atomic E-state index is 0.240. The monoisotopic (exact) mass is 315 g/mol. The summed E-state index contributed by atoms with van der Waals surface area (Å²) in [6.45, 7) is 2.12. The first-order valence-corrected chi connectivity index (χ1v) is 7.63. The average molecular weight is 315 g/mol. The Balaban J connectivity index is 2.07. The Labute approximate surface area is 127 Å². The number of carbonyl (C=O) groups is 1. The van der Waals surface area contributed by atoms with Gasteiger partial charge in [0.25, 0.3) is 0 Å². The first-order chi connectivity index (χ1) is 10.5. The summed E-state index contributed by atoms with van der Waals surface area (Å²) in [6, 6.07) is -0.616. The minimum atomic E-state index is -0.880. The number of aliphatic carboxylic acids is 1. The van der Waals surface area contributed by atoms with Gasteiger partial charge >= 0.3 is 11.8 Å². The first kappa shape index (κ1) is 16.7. The predicted octanol–water partition coefficient (Wildman–Crippen LogP) is 2.35. The van der Waals surface area contributed by atoms with Crippen molar-refractivity contribution in [2.45, 2.75) is 51.6 Å². The summed E-state index contributed by atoms with van der Waals surface area (Å²) in [7, 11) is 0. The molecule has 0 radical (unpaired) electrons. The van der Waals surface area contributed by atoms with Gasteiger partial charge in [-0.2, -0.15) is 0 Å². The number of carboxylic acid groups (broad SMARTS) is 1. The van der Waals surface area contributed by atoms with Crippen LogP contribution in [-0.4, -0.2) is 35.2 Å². The molecule has 7 heteroatoms. The van der Waals surface area contributed by atoms with E-state index in [0.29, 0.717) is 36.8 Å². The third-order valence-electron chi connectivity index (χ3n) is 4.33. The summed E-state index contributed by atoms with van der Waals surface area (Å²) in [5.74, 6) is -0.546. The molecule has 6 nitrogen and oxygen atoms in total. The lowest BCUT2D eigenvalue weighted by Gasteiger charge is -2.25. The normalized spacial score (nSPS) is 23.4. The van der Waals surface area contributed by atoms with Crippen molar-refractivity contribution in [3.63, 3.8) is 0 Å². The van der Waals surface area contributed by atoms with Crippen LogP contribution in [0.2, 0.25) is 0 Å². The molecule has 2 atom stereocenters. The van der Waals surface area contributed by atoms with Gasteiger partial charge in [-0.3, -0.25) is 14.1 Å². The minimum Gasteiger partial charge on any atom is -0.480 e. The molecular formula is C15H22FNO5. The quantitative estimate of drug-likeness (QED) is 0.867. The zero-order valence-corrected chi connectivity index (χ0v) is 12.7. The Morgan fingerprint density at radius 1 is 1.36 bits per heavy atom. The zero-order chi connectivity index (χ0) is 16.1. The smallest absolute Gasteiger partial charge is 0.480 e. The van der Waals surface area contributed by atoms with Crippen LogP contribution >= 0.6 is 0 Å². The molecule has 124 valence electrons. The zero-order valence-electron chi connectivity index (χ0n) is 12.7. The van der Waals surface area contributed by atoms with E-state index in [1.807, 2.05) is 0 Å². The van der Waals surface area contributed by atoms with E-state index in [9.17, 15) is 19.1 Å². The van der Waals surface area contributed by atoms with Gasteiger partial charge in [0.05, 0.1) is 13.2 Å². The molecule has 1 aliphatic heterocycles. The number of alkyl halides is 1. The van der Waals surface area contributed by atoms with Gasteiger partial charge < -0.3 is 13.9 Å². The van der Waals surface area contributed by atoms with Crippen molar-refractivity contribution < 1.29 is 23.1 Å². The van der Waals surface area contributed by atoms with Crippen molar-refractivity contribution >= 4 is 5.97 Å². The summed E-state index contributed by atoms with van der Waals surface area (Å²) >= 11 is 0. The lowest BCUT2D eigenvalue weighted by Crippen LogP contribution is -2.40. The van der Waals surface area contributed by atoms with E-state index in [0.717, 1.165) is 19.3 Å². The van der Waals surface area contributed by atoms with Gasteiger partial charge in [-0.25, -0.2) is 4.79 Å². The van der Waals surface area contributed by atoms with E-state index in [2.05, 4.69) is 0 Å². The summed E-state index contributed by atoms with van der Waals surface area (Å²) in [4.78, 5) is 24.4. The van der Waals surface area contributed by atoms with Crippen molar-refractivity contribution in [1.29, 1.82) is 0 Å².